The first-order valence-corrected chi connectivity index (χ1v) is 5.69. The number of methoxy groups -OCH3 is 1. The topological polar surface area (TPSA) is 41.6 Å². The first-order chi connectivity index (χ1) is 8.08. The van der Waals surface area contributed by atoms with Crippen molar-refractivity contribution < 1.29 is 9.53 Å². The number of rotatable bonds is 5. The molecule has 0 atom stereocenters. The molecule has 0 aromatic heterocycles. The Kier molecular flexibility index (Phi) is 4.82. The summed E-state index contributed by atoms with van der Waals surface area (Å²) in [6.07, 6.45) is 0.959. The summed E-state index contributed by atoms with van der Waals surface area (Å²) >= 11 is 0. The maximum absolute atomic E-state index is 11.5. The predicted molar refractivity (Wildman–Crippen MR) is 69.6 cm³/mol. The molecule has 1 N–H and O–H groups in total. The van der Waals surface area contributed by atoms with E-state index in [1.165, 1.54) is 5.56 Å². The molecular formula is C13H20N2O2. The van der Waals surface area contributed by atoms with Crippen LogP contribution in [0, 0.1) is 0 Å². The predicted octanol–water partition coefficient (Wildman–Crippen LogP) is 1.76. The molecule has 1 aromatic carbocycles. The average molecular weight is 236 g/mol. The van der Waals surface area contributed by atoms with Gasteiger partial charge in [-0.1, -0.05) is 13.0 Å². The second-order valence-corrected chi connectivity index (χ2v) is 4.03. The Morgan fingerprint density at radius 2 is 2.12 bits per heavy atom. The fourth-order valence-electron chi connectivity index (χ4n) is 1.44. The van der Waals surface area contributed by atoms with E-state index in [4.69, 9.17) is 4.74 Å². The number of nitrogens with one attached hydrogen (secondary N) is 1. The van der Waals surface area contributed by atoms with Gasteiger partial charge in [-0.05, 0) is 24.1 Å². The zero-order valence-corrected chi connectivity index (χ0v) is 10.9. The zero-order chi connectivity index (χ0) is 12.8. The van der Waals surface area contributed by atoms with Crippen LogP contribution in [-0.2, 0) is 11.2 Å². The molecule has 17 heavy (non-hydrogen) atoms. The van der Waals surface area contributed by atoms with Crippen LogP contribution in [0.5, 0.6) is 5.75 Å². The van der Waals surface area contributed by atoms with Gasteiger partial charge >= 0.3 is 0 Å². The Hall–Kier alpha value is -1.71. The van der Waals surface area contributed by atoms with Crippen LogP contribution < -0.4 is 10.1 Å². The lowest BCUT2D eigenvalue weighted by Crippen LogP contribution is -2.28. The Morgan fingerprint density at radius 3 is 2.65 bits per heavy atom. The highest BCUT2D eigenvalue weighted by atomic mass is 16.5. The summed E-state index contributed by atoms with van der Waals surface area (Å²) in [5.41, 5.74) is 2.08. The van der Waals surface area contributed by atoms with Crippen molar-refractivity contribution in [3.63, 3.8) is 0 Å². The number of carbonyl (C=O) groups is 1. The smallest absolute Gasteiger partial charge is 0.241 e. The van der Waals surface area contributed by atoms with Crippen molar-refractivity contribution in [3.05, 3.63) is 23.8 Å². The second kappa shape index (κ2) is 6.13. The summed E-state index contributed by atoms with van der Waals surface area (Å²) in [5, 5.41) is 3.10. The number of benzene rings is 1. The van der Waals surface area contributed by atoms with Gasteiger partial charge < -0.3 is 15.0 Å². The molecule has 0 heterocycles. The van der Waals surface area contributed by atoms with Crippen LogP contribution in [0.3, 0.4) is 0 Å². The molecule has 0 aliphatic carbocycles. The number of anilines is 1. The van der Waals surface area contributed by atoms with Crippen LogP contribution in [0.25, 0.3) is 0 Å². The SMILES string of the molecule is CCc1ccc(OC)c(NCC(=O)N(C)C)c1. The van der Waals surface area contributed by atoms with E-state index < -0.39 is 0 Å². The van der Waals surface area contributed by atoms with Crippen molar-refractivity contribution in [3.8, 4) is 5.75 Å². The third-order valence-electron chi connectivity index (χ3n) is 2.60. The van der Waals surface area contributed by atoms with Gasteiger partial charge in [-0.2, -0.15) is 0 Å². The van der Waals surface area contributed by atoms with Gasteiger partial charge in [0, 0.05) is 14.1 Å². The van der Waals surface area contributed by atoms with Crippen LogP contribution in [0.1, 0.15) is 12.5 Å². The van der Waals surface area contributed by atoms with E-state index in [1.54, 1.807) is 26.1 Å². The van der Waals surface area contributed by atoms with Crippen LogP contribution in [0.15, 0.2) is 18.2 Å². The molecule has 94 valence electrons. The van der Waals surface area contributed by atoms with Crippen molar-refractivity contribution >= 4 is 11.6 Å². The largest absolute Gasteiger partial charge is 0.495 e. The van der Waals surface area contributed by atoms with Crippen LogP contribution in [0.4, 0.5) is 5.69 Å². The molecule has 0 bridgehead atoms. The lowest BCUT2D eigenvalue weighted by Gasteiger charge is -2.14. The molecule has 4 nitrogen and oxygen atoms in total. The number of hydrogen-bond acceptors (Lipinski definition) is 3. The summed E-state index contributed by atoms with van der Waals surface area (Å²) in [6, 6.07) is 5.96. The van der Waals surface area contributed by atoms with Crippen molar-refractivity contribution in [2.24, 2.45) is 0 Å². The minimum Gasteiger partial charge on any atom is -0.495 e. The molecule has 0 aliphatic heterocycles. The highest BCUT2D eigenvalue weighted by Crippen LogP contribution is 2.25. The zero-order valence-electron chi connectivity index (χ0n) is 10.9. The van der Waals surface area contributed by atoms with E-state index in [0.29, 0.717) is 0 Å². The maximum atomic E-state index is 11.5. The lowest BCUT2D eigenvalue weighted by atomic mass is 10.1. The molecule has 0 saturated carbocycles. The van der Waals surface area contributed by atoms with Crippen molar-refractivity contribution in [1.82, 2.24) is 4.90 Å². The quantitative estimate of drug-likeness (QED) is 0.847. The molecule has 0 saturated heterocycles. The minimum atomic E-state index is 0.0361. The standard InChI is InChI=1S/C13H20N2O2/c1-5-10-6-7-12(17-4)11(8-10)14-9-13(16)15(2)3/h6-8,14H,5,9H2,1-4H3. The number of aryl methyl sites for hydroxylation is 1. The molecule has 0 unspecified atom stereocenters. The average Bonchev–Trinajstić information content (AvgIpc) is 2.35. The summed E-state index contributed by atoms with van der Waals surface area (Å²) < 4.78 is 5.25. The van der Waals surface area contributed by atoms with Gasteiger partial charge in [0.25, 0.3) is 0 Å². The van der Waals surface area contributed by atoms with Gasteiger partial charge in [-0.25, -0.2) is 0 Å². The van der Waals surface area contributed by atoms with Gasteiger partial charge in [-0.3, -0.25) is 4.79 Å². The van der Waals surface area contributed by atoms with E-state index in [9.17, 15) is 4.79 Å². The van der Waals surface area contributed by atoms with Crippen LogP contribution in [-0.4, -0.2) is 38.6 Å². The van der Waals surface area contributed by atoms with Crippen molar-refractivity contribution in [2.75, 3.05) is 33.1 Å². The normalized spacial score (nSPS) is 9.88. The van der Waals surface area contributed by atoms with E-state index in [0.717, 1.165) is 17.9 Å². The van der Waals surface area contributed by atoms with Gasteiger partial charge in [0.1, 0.15) is 5.75 Å². The summed E-state index contributed by atoms with van der Waals surface area (Å²) in [4.78, 5) is 13.1. The Labute approximate surface area is 103 Å². The number of amides is 1. The second-order valence-electron chi connectivity index (χ2n) is 4.03. The van der Waals surface area contributed by atoms with Crippen LogP contribution >= 0.6 is 0 Å². The van der Waals surface area contributed by atoms with E-state index >= 15 is 0 Å². The minimum absolute atomic E-state index is 0.0361. The molecule has 0 fully saturated rings. The van der Waals surface area contributed by atoms with Crippen molar-refractivity contribution in [2.45, 2.75) is 13.3 Å². The summed E-state index contributed by atoms with van der Waals surface area (Å²) in [5.74, 6) is 0.794. The molecule has 4 heteroatoms. The first-order valence-electron chi connectivity index (χ1n) is 5.69. The van der Waals surface area contributed by atoms with E-state index in [2.05, 4.69) is 12.2 Å². The lowest BCUT2D eigenvalue weighted by molar-refractivity contribution is -0.126. The van der Waals surface area contributed by atoms with E-state index in [1.807, 2.05) is 18.2 Å². The highest BCUT2D eigenvalue weighted by Gasteiger charge is 2.07. The number of ether oxygens (including phenoxy) is 1. The van der Waals surface area contributed by atoms with Gasteiger partial charge in [0.05, 0.1) is 19.3 Å². The number of nitrogens with zero attached hydrogens (tertiary/aromatic N) is 1. The molecule has 0 aliphatic rings. The van der Waals surface area contributed by atoms with Crippen molar-refractivity contribution in [1.29, 1.82) is 0 Å². The maximum Gasteiger partial charge on any atom is 0.241 e. The van der Waals surface area contributed by atoms with Gasteiger partial charge in [-0.15, -0.1) is 0 Å². The number of hydrogen-bond donors (Lipinski definition) is 1. The molecule has 0 spiro atoms. The molecule has 0 radical (unpaired) electrons. The number of carbonyl (C=O) groups excluding carboxylic acids is 1. The fraction of sp³-hybridized carbons (Fsp3) is 0.462. The van der Waals surface area contributed by atoms with E-state index in [-0.39, 0.29) is 12.5 Å². The summed E-state index contributed by atoms with van der Waals surface area (Å²) in [6.45, 7) is 2.37. The molecular weight excluding hydrogens is 216 g/mol. The Balaban J connectivity index is 2.77. The summed E-state index contributed by atoms with van der Waals surface area (Å²) in [7, 11) is 5.10. The third-order valence-corrected chi connectivity index (χ3v) is 2.60. The molecule has 1 rings (SSSR count). The Bertz CT molecular complexity index is 389. The van der Waals surface area contributed by atoms with Gasteiger partial charge in [0.2, 0.25) is 5.91 Å². The molecule has 1 amide bonds. The fourth-order valence-corrected chi connectivity index (χ4v) is 1.44. The monoisotopic (exact) mass is 236 g/mol. The van der Waals surface area contributed by atoms with Crippen LogP contribution in [0.2, 0.25) is 0 Å². The first kappa shape index (κ1) is 13.4. The highest BCUT2D eigenvalue weighted by molar-refractivity contribution is 5.81. The number of likely N-dealkylation sites (N-methyl/N-ethyl adjacent to an activating group) is 1. The Morgan fingerprint density at radius 1 is 1.41 bits per heavy atom. The molecule has 1 aromatic rings. The van der Waals surface area contributed by atoms with Gasteiger partial charge in [0.15, 0.2) is 0 Å². The third kappa shape index (κ3) is 3.66.